The first-order valence-electron chi connectivity index (χ1n) is 7.36. The summed E-state index contributed by atoms with van der Waals surface area (Å²) in [4.78, 5) is 24.8. The molecule has 1 fully saturated rings. The van der Waals surface area contributed by atoms with Gasteiger partial charge in [-0.2, -0.15) is 9.97 Å². The Morgan fingerprint density at radius 3 is 2.23 bits per heavy atom. The summed E-state index contributed by atoms with van der Waals surface area (Å²) in [6.07, 6.45) is 0. The van der Waals surface area contributed by atoms with Gasteiger partial charge in [0.1, 0.15) is 5.82 Å². The molecule has 0 aromatic carbocycles. The second kappa shape index (κ2) is 6.37. The molecular weight excluding hydrogens is 284 g/mol. The van der Waals surface area contributed by atoms with Crippen LogP contribution in [0.2, 0.25) is 0 Å². The van der Waals surface area contributed by atoms with E-state index in [9.17, 15) is 4.79 Å². The van der Waals surface area contributed by atoms with E-state index >= 15 is 0 Å². The van der Waals surface area contributed by atoms with Crippen LogP contribution < -0.4 is 14.4 Å². The van der Waals surface area contributed by atoms with E-state index in [-0.39, 0.29) is 17.3 Å². The van der Waals surface area contributed by atoms with Gasteiger partial charge in [-0.1, -0.05) is 20.8 Å². The van der Waals surface area contributed by atoms with Crippen molar-refractivity contribution >= 4 is 11.7 Å². The second-order valence-corrected chi connectivity index (χ2v) is 6.28. The number of carbonyl (C=O) groups excluding carboxylic acids is 1. The fourth-order valence-electron chi connectivity index (χ4n) is 2.36. The highest BCUT2D eigenvalue weighted by Gasteiger charge is 2.30. The molecular formula is C15H24N4O3. The molecule has 0 spiro atoms. The molecule has 0 aliphatic carbocycles. The maximum atomic E-state index is 12.3. The number of anilines is 1. The summed E-state index contributed by atoms with van der Waals surface area (Å²) in [5.41, 5.74) is -0.344. The van der Waals surface area contributed by atoms with Crippen molar-refractivity contribution in [3.8, 4) is 11.9 Å². The molecule has 1 aromatic rings. The topological polar surface area (TPSA) is 67.8 Å². The van der Waals surface area contributed by atoms with E-state index in [0.29, 0.717) is 19.0 Å². The molecule has 1 aromatic heterocycles. The van der Waals surface area contributed by atoms with Crippen LogP contribution in [0.4, 0.5) is 5.82 Å². The smallest absolute Gasteiger partial charge is 0.321 e. The van der Waals surface area contributed by atoms with Crippen LogP contribution in [0.25, 0.3) is 0 Å². The van der Waals surface area contributed by atoms with E-state index < -0.39 is 0 Å². The monoisotopic (exact) mass is 308 g/mol. The van der Waals surface area contributed by atoms with E-state index in [1.165, 1.54) is 7.11 Å². The van der Waals surface area contributed by atoms with Crippen molar-refractivity contribution in [3.63, 3.8) is 0 Å². The van der Waals surface area contributed by atoms with E-state index in [2.05, 4.69) is 14.9 Å². The zero-order valence-corrected chi connectivity index (χ0v) is 13.9. The van der Waals surface area contributed by atoms with Gasteiger partial charge in [0, 0.05) is 37.7 Å². The van der Waals surface area contributed by atoms with Crippen LogP contribution in [0.3, 0.4) is 0 Å². The lowest BCUT2D eigenvalue weighted by molar-refractivity contribution is -0.139. The average molecular weight is 308 g/mol. The highest BCUT2D eigenvalue weighted by atomic mass is 16.5. The molecule has 0 saturated carbocycles. The Hall–Kier alpha value is -2.05. The van der Waals surface area contributed by atoms with Crippen LogP contribution in [-0.2, 0) is 4.79 Å². The van der Waals surface area contributed by atoms with Crippen LogP contribution in [-0.4, -0.2) is 61.2 Å². The largest absolute Gasteiger partial charge is 0.481 e. The molecule has 2 heterocycles. The molecule has 0 bridgehead atoms. The minimum absolute atomic E-state index is 0.185. The Labute approximate surface area is 131 Å². The van der Waals surface area contributed by atoms with Crippen molar-refractivity contribution in [1.29, 1.82) is 0 Å². The summed E-state index contributed by atoms with van der Waals surface area (Å²) in [6, 6.07) is 2.06. The van der Waals surface area contributed by atoms with E-state index in [0.717, 1.165) is 18.9 Å². The number of piperazine rings is 1. The Bertz CT molecular complexity index is 512. The lowest BCUT2D eigenvalue weighted by Gasteiger charge is -2.38. The van der Waals surface area contributed by atoms with Crippen molar-refractivity contribution in [2.75, 3.05) is 45.3 Å². The normalized spacial score (nSPS) is 15.7. The first-order chi connectivity index (χ1) is 10.3. The summed E-state index contributed by atoms with van der Waals surface area (Å²) in [5, 5.41) is 0. The van der Waals surface area contributed by atoms with E-state index in [1.54, 1.807) is 13.2 Å². The van der Waals surface area contributed by atoms with Crippen LogP contribution in [0, 0.1) is 5.41 Å². The quantitative estimate of drug-likeness (QED) is 0.835. The molecule has 0 atom stereocenters. The molecule has 0 N–H and O–H groups in total. The summed E-state index contributed by atoms with van der Waals surface area (Å²) in [5.74, 6) is 1.41. The predicted octanol–water partition coefficient (Wildman–Crippen LogP) is 1.19. The minimum atomic E-state index is -0.344. The molecule has 1 amide bonds. The number of aromatic nitrogens is 2. The third-order valence-electron chi connectivity index (χ3n) is 3.59. The maximum absolute atomic E-state index is 12.3. The third-order valence-corrected chi connectivity index (χ3v) is 3.59. The molecule has 0 radical (unpaired) electrons. The first-order valence-corrected chi connectivity index (χ1v) is 7.36. The molecule has 7 heteroatoms. The number of ether oxygens (including phenoxy) is 2. The summed E-state index contributed by atoms with van der Waals surface area (Å²) in [7, 11) is 3.09. The summed E-state index contributed by atoms with van der Waals surface area (Å²) >= 11 is 0. The molecule has 1 saturated heterocycles. The molecule has 0 unspecified atom stereocenters. The van der Waals surface area contributed by atoms with Gasteiger partial charge < -0.3 is 19.3 Å². The highest BCUT2D eigenvalue weighted by Crippen LogP contribution is 2.23. The SMILES string of the molecule is COc1cc(N2CCN(C(=O)C(C)(C)C)CC2)nc(OC)n1. The Morgan fingerprint density at radius 1 is 1.09 bits per heavy atom. The van der Waals surface area contributed by atoms with Gasteiger partial charge in [-0.15, -0.1) is 0 Å². The van der Waals surface area contributed by atoms with Crippen LogP contribution in [0.1, 0.15) is 20.8 Å². The van der Waals surface area contributed by atoms with Gasteiger partial charge in [0.15, 0.2) is 0 Å². The number of carbonyl (C=O) groups is 1. The van der Waals surface area contributed by atoms with Crippen LogP contribution >= 0.6 is 0 Å². The van der Waals surface area contributed by atoms with Crippen molar-refractivity contribution < 1.29 is 14.3 Å². The zero-order valence-electron chi connectivity index (χ0n) is 13.9. The number of nitrogens with zero attached hydrogens (tertiary/aromatic N) is 4. The summed E-state index contributed by atoms with van der Waals surface area (Å²) < 4.78 is 10.3. The minimum Gasteiger partial charge on any atom is -0.481 e. The van der Waals surface area contributed by atoms with Crippen LogP contribution in [0.15, 0.2) is 6.07 Å². The van der Waals surface area contributed by atoms with Crippen molar-refractivity contribution in [2.45, 2.75) is 20.8 Å². The number of rotatable bonds is 3. The maximum Gasteiger partial charge on any atom is 0.321 e. The molecule has 7 nitrogen and oxygen atoms in total. The zero-order chi connectivity index (χ0) is 16.3. The standard InChI is InChI=1S/C15H24N4O3/c1-15(2,3)13(20)19-8-6-18(7-9-19)11-10-12(21-4)17-14(16-11)22-5/h10H,6-9H2,1-5H3. The number of hydrogen-bond donors (Lipinski definition) is 0. The highest BCUT2D eigenvalue weighted by molar-refractivity contribution is 5.81. The van der Waals surface area contributed by atoms with Crippen LogP contribution in [0.5, 0.6) is 11.9 Å². The lowest BCUT2D eigenvalue weighted by atomic mass is 9.94. The number of methoxy groups -OCH3 is 2. The van der Waals surface area contributed by atoms with Crippen molar-refractivity contribution in [2.24, 2.45) is 5.41 Å². The summed E-state index contributed by atoms with van der Waals surface area (Å²) in [6.45, 7) is 8.66. The molecule has 2 rings (SSSR count). The Balaban J connectivity index is 2.07. The van der Waals surface area contributed by atoms with Gasteiger partial charge in [-0.3, -0.25) is 4.79 Å². The predicted molar refractivity (Wildman–Crippen MR) is 83.4 cm³/mol. The molecule has 1 aliphatic rings. The molecule has 1 aliphatic heterocycles. The average Bonchev–Trinajstić information content (AvgIpc) is 2.52. The van der Waals surface area contributed by atoms with Crippen molar-refractivity contribution in [3.05, 3.63) is 6.07 Å². The fraction of sp³-hybridized carbons (Fsp3) is 0.667. The van der Waals surface area contributed by atoms with Gasteiger partial charge in [0.05, 0.1) is 14.2 Å². The Kier molecular flexibility index (Phi) is 4.73. The number of hydrogen-bond acceptors (Lipinski definition) is 6. The van der Waals surface area contributed by atoms with Gasteiger partial charge in [0.25, 0.3) is 0 Å². The van der Waals surface area contributed by atoms with Gasteiger partial charge >= 0.3 is 6.01 Å². The van der Waals surface area contributed by atoms with E-state index in [1.807, 2.05) is 25.7 Å². The van der Waals surface area contributed by atoms with Gasteiger partial charge in [-0.05, 0) is 0 Å². The molecule has 122 valence electrons. The van der Waals surface area contributed by atoms with Crippen molar-refractivity contribution in [1.82, 2.24) is 14.9 Å². The fourth-order valence-corrected chi connectivity index (χ4v) is 2.36. The van der Waals surface area contributed by atoms with E-state index in [4.69, 9.17) is 9.47 Å². The number of amides is 1. The lowest BCUT2D eigenvalue weighted by Crippen LogP contribution is -2.51. The second-order valence-electron chi connectivity index (χ2n) is 6.28. The molecule has 22 heavy (non-hydrogen) atoms. The van der Waals surface area contributed by atoms with Gasteiger partial charge in [-0.25, -0.2) is 0 Å². The first kappa shape index (κ1) is 16.3. The third kappa shape index (κ3) is 3.58. The Morgan fingerprint density at radius 2 is 1.73 bits per heavy atom. The van der Waals surface area contributed by atoms with Gasteiger partial charge in [0.2, 0.25) is 11.8 Å².